The fourth-order valence-corrected chi connectivity index (χ4v) is 1.29. The molecular formula is C10H18N4O. The number of nitrogens with one attached hydrogen (secondary N) is 1. The molecule has 0 aliphatic heterocycles. The first kappa shape index (κ1) is 11.7. The Morgan fingerprint density at radius 3 is 2.73 bits per heavy atom. The Bertz CT molecular complexity index is 349. The average Bonchev–Trinajstić information content (AvgIpc) is 2.56. The van der Waals surface area contributed by atoms with Crippen molar-refractivity contribution in [3.05, 3.63) is 12.0 Å². The number of hydrogen-bond donors (Lipinski definition) is 2. The number of aromatic nitrogens is 2. The van der Waals surface area contributed by atoms with Crippen LogP contribution in [-0.2, 0) is 12.1 Å². The summed E-state index contributed by atoms with van der Waals surface area (Å²) in [4.78, 5) is 7.99. The van der Waals surface area contributed by atoms with Gasteiger partial charge in [0, 0.05) is 12.6 Å². The number of hydrogen-bond acceptors (Lipinski definition) is 3. The molecule has 0 bridgehead atoms. The van der Waals surface area contributed by atoms with Gasteiger partial charge in [0.05, 0.1) is 19.3 Å². The molecule has 0 aliphatic carbocycles. The van der Waals surface area contributed by atoms with Gasteiger partial charge >= 0.3 is 0 Å². The topological polar surface area (TPSA) is 62.4 Å². The fourth-order valence-electron chi connectivity index (χ4n) is 1.29. The van der Waals surface area contributed by atoms with E-state index in [4.69, 9.17) is 5.11 Å². The number of aliphatic imine (C=N–C) groups is 1. The van der Waals surface area contributed by atoms with Crippen LogP contribution in [0.1, 0.15) is 26.5 Å². The highest BCUT2D eigenvalue weighted by atomic mass is 16.3. The molecule has 1 heterocycles. The first-order chi connectivity index (χ1) is 7.00. The molecule has 1 aromatic heterocycles. The second kappa shape index (κ2) is 4.44. The third-order valence-electron chi connectivity index (χ3n) is 2.05. The van der Waals surface area contributed by atoms with Crippen molar-refractivity contribution in [1.82, 2.24) is 9.55 Å². The largest absolute Gasteiger partial charge is 0.390 e. The highest BCUT2D eigenvalue weighted by molar-refractivity contribution is 5.75. The molecule has 0 spiro atoms. The molecule has 0 saturated carbocycles. The molecule has 5 nitrogen and oxygen atoms in total. The van der Waals surface area contributed by atoms with Gasteiger partial charge in [-0.3, -0.25) is 4.99 Å². The molecule has 0 fully saturated rings. The van der Waals surface area contributed by atoms with Crippen LogP contribution in [0.4, 0.5) is 5.82 Å². The summed E-state index contributed by atoms with van der Waals surface area (Å²) in [6.45, 7) is 6.14. The average molecular weight is 210 g/mol. The Morgan fingerprint density at radius 1 is 1.60 bits per heavy atom. The van der Waals surface area contributed by atoms with Gasteiger partial charge in [0.2, 0.25) is 0 Å². The molecule has 0 unspecified atom stereocenters. The summed E-state index contributed by atoms with van der Waals surface area (Å²) in [7, 11) is 1.68. The molecule has 0 aliphatic rings. The Hall–Kier alpha value is -1.36. The highest BCUT2D eigenvalue weighted by Gasteiger charge is 2.19. The van der Waals surface area contributed by atoms with Crippen molar-refractivity contribution in [2.75, 3.05) is 12.4 Å². The van der Waals surface area contributed by atoms with Gasteiger partial charge in [-0.05, 0) is 20.8 Å². The first-order valence-electron chi connectivity index (χ1n) is 4.85. The second-order valence-corrected chi connectivity index (χ2v) is 4.27. The molecule has 1 rings (SSSR count). The lowest BCUT2D eigenvalue weighted by atomic mass is 10.1. The summed E-state index contributed by atoms with van der Waals surface area (Å²) in [5.74, 6) is 0.788. The lowest BCUT2D eigenvalue weighted by Crippen LogP contribution is -2.23. The van der Waals surface area contributed by atoms with Crippen molar-refractivity contribution < 1.29 is 5.11 Å². The molecule has 5 heteroatoms. The standard InChI is InChI=1S/C10H18N4O/c1-10(2,3)14-7-13-8(5-15)9(14)12-6-11-4/h6-7,15H,5H2,1-4H3,(H,11,12). The van der Waals surface area contributed by atoms with Gasteiger partial charge < -0.3 is 15.0 Å². The Kier molecular flexibility index (Phi) is 3.47. The van der Waals surface area contributed by atoms with E-state index in [-0.39, 0.29) is 12.1 Å². The molecule has 1 aromatic rings. The van der Waals surface area contributed by atoms with Crippen LogP contribution in [0.5, 0.6) is 0 Å². The first-order valence-corrected chi connectivity index (χ1v) is 4.85. The van der Waals surface area contributed by atoms with Crippen molar-refractivity contribution >= 4 is 12.2 Å². The van der Waals surface area contributed by atoms with Crippen molar-refractivity contribution in [2.24, 2.45) is 4.99 Å². The molecule has 0 atom stereocenters. The maximum absolute atomic E-state index is 9.14. The quantitative estimate of drug-likeness (QED) is 0.582. The Balaban J connectivity index is 3.11. The summed E-state index contributed by atoms with van der Waals surface area (Å²) >= 11 is 0. The third kappa shape index (κ3) is 2.56. The van der Waals surface area contributed by atoms with Crippen molar-refractivity contribution in [1.29, 1.82) is 0 Å². The van der Waals surface area contributed by atoms with E-state index < -0.39 is 0 Å². The smallest absolute Gasteiger partial charge is 0.137 e. The van der Waals surface area contributed by atoms with Crippen LogP contribution in [0.3, 0.4) is 0 Å². The molecular weight excluding hydrogens is 192 g/mol. The number of nitrogens with zero attached hydrogens (tertiary/aromatic N) is 3. The van der Waals surface area contributed by atoms with Crippen LogP contribution in [0.2, 0.25) is 0 Å². The van der Waals surface area contributed by atoms with Gasteiger partial charge in [0.25, 0.3) is 0 Å². The van der Waals surface area contributed by atoms with E-state index in [2.05, 4.69) is 36.1 Å². The Morgan fingerprint density at radius 2 is 2.27 bits per heavy atom. The van der Waals surface area contributed by atoms with Gasteiger partial charge in [-0.15, -0.1) is 0 Å². The zero-order chi connectivity index (χ0) is 11.5. The maximum Gasteiger partial charge on any atom is 0.137 e. The van der Waals surface area contributed by atoms with Crippen molar-refractivity contribution in [3.8, 4) is 0 Å². The van der Waals surface area contributed by atoms with Gasteiger partial charge in [0.15, 0.2) is 0 Å². The summed E-state index contributed by atoms with van der Waals surface area (Å²) < 4.78 is 1.97. The minimum Gasteiger partial charge on any atom is -0.390 e. The van der Waals surface area contributed by atoms with E-state index in [9.17, 15) is 0 Å². The predicted molar refractivity (Wildman–Crippen MR) is 61.2 cm³/mol. The van der Waals surface area contributed by atoms with E-state index in [1.54, 1.807) is 19.7 Å². The lowest BCUT2D eigenvalue weighted by Gasteiger charge is -2.23. The molecule has 0 saturated heterocycles. The van der Waals surface area contributed by atoms with E-state index >= 15 is 0 Å². The van der Waals surface area contributed by atoms with Gasteiger partial charge in [-0.25, -0.2) is 4.98 Å². The molecule has 0 aromatic carbocycles. The number of anilines is 1. The highest BCUT2D eigenvalue weighted by Crippen LogP contribution is 2.23. The monoisotopic (exact) mass is 210 g/mol. The van der Waals surface area contributed by atoms with E-state index in [0.717, 1.165) is 5.82 Å². The molecule has 2 N–H and O–H groups in total. The lowest BCUT2D eigenvalue weighted by molar-refractivity contribution is 0.278. The zero-order valence-electron chi connectivity index (χ0n) is 9.65. The SMILES string of the molecule is CN=CNc1c(CO)ncn1C(C)(C)C. The number of rotatable bonds is 3. The third-order valence-corrected chi connectivity index (χ3v) is 2.05. The fraction of sp³-hybridized carbons (Fsp3) is 0.600. The van der Waals surface area contributed by atoms with Crippen LogP contribution < -0.4 is 5.32 Å². The van der Waals surface area contributed by atoms with Crippen LogP contribution in [0.15, 0.2) is 11.3 Å². The minimum absolute atomic E-state index is 0.0790. The molecule has 84 valence electrons. The normalized spacial score (nSPS) is 12.3. The minimum atomic E-state index is -0.0804. The van der Waals surface area contributed by atoms with Crippen LogP contribution >= 0.6 is 0 Å². The van der Waals surface area contributed by atoms with E-state index in [1.807, 2.05) is 4.57 Å². The second-order valence-electron chi connectivity index (χ2n) is 4.27. The summed E-state index contributed by atoms with van der Waals surface area (Å²) in [6.07, 6.45) is 3.30. The molecule has 0 radical (unpaired) electrons. The summed E-state index contributed by atoms with van der Waals surface area (Å²) in [5, 5.41) is 12.2. The molecule has 15 heavy (non-hydrogen) atoms. The van der Waals surface area contributed by atoms with Crippen molar-refractivity contribution in [3.63, 3.8) is 0 Å². The number of aliphatic hydroxyl groups excluding tert-OH is 1. The Labute approximate surface area is 89.9 Å². The van der Waals surface area contributed by atoms with Crippen molar-refractivity contribution in [2.45, 2.75) is 32.9 Å². The van der Waals surface area contributed by atoms with Crippen LogP contribution in [-0.4, -0.2) is 28.0 Å². The van der Waals surface area contributed by atoms with E-state index in [1.165, 1.54) is 0 Å². The van der Waals surface area contributed by atoms with Gasteiger partial charge in [-0.1, -0.05) is 0 Å². The number of aliphatic hydroxyl groups is 1. The molecule has 0 amide bonds. The summed E-state index contributed by atoms with van der Waals surface area (Å²) in [5.41, 5.74) is 0.550. The predicted octanol–water partition coefficient (Wildman–Crippen LogP) is 1.20. The maximum atomic E-state index is 9.14. The van der Waals surface area contributed by atoms with Gasteiger partial charge in [-0.2, -0.15) is 0 Å². The van der Waals surface area contributed by atoms with E-state index in [0.29, 0.717) is 5.69 Å². The zero-order valence-corrected chi connectivity index (χ0v) is 9.65. The van der Waals surface area contributed by atoms with Crippen LogP contribution in [0, 0.1) is 0 Å². The van der Waals surface area contributed by atoms with Crippen LogP contribution in [0.25, 0.3) is 0 Å². The summed E-state index contributed by atoms with van der Waals surface area (Å²) in [6, 6.07) is 0. The van der Waals surface area contributed by atoms with Gasteiger partial charge in [0.1, 0.15) is 11.5 Å². The number of imidazole rings is 1.